The molecule has 0 radical (unpaired) electrons. The molecule has 1 aromatic carbocycles. The molecule has 2 rings (SSSR count). The molecule has 19 heavy (non-hydrogen) atoms. The number of guanidine groups is 1. The maximum absolute atomic E-state index is 6.04. The molecule has 0 unspecified atom stereocenters. The first kappa shape index (κ1) is 14.4. The molecule has 2 N–H and O–H groups in total. The molecule has 0 saturated heterocycles. The minimum atomic E-state index is -0.00426. The SMILES string of the molecule is CN(C(N)=NCC(C)(C)c1ccc(Br)cc1)C1CC1. The van der Waals surface area contributed by atoms with Gasteiger partial charge in [0.25, 0.3) is 0 Å². The molecule has 0 aromatic heterocycles. The van der Waals surface area contributed by atoms with Gasteiger partial charge in [-0.15, -0.1) is 0 Å². The third-order valence-corrected chi connectivity index (χ3v) is 4.25. The third-order valence-electron chi connectivity index (χ3n) is 3.72. The molecule has 0 aliphatic heterocycles. The Bertz CT molecular complexity index is 461. The normalized spacial score (nSPS) is 16.5. The molecule has 3 nitrogen and oxygen atoms in total. The van der Waals surface area contributed by atoms with E-state index in [0.29, 0.717) is 18.5 Å². The van der Waals surface area contributed by atoms with Crippen molar-refractivity contribution in [3.05, 3.63) is 34.3 Å². The first-order valence-electron chi connectivity index (χ1n) is 6.69. The summed E-state index contributed by atoms with van der Waals surface area (Å²) in [6.07, 6.45) is 2.48. The molecule has 1 fully saturated rings. The summed E-state index contributed by atoms with van der Waals surface area (Å²) in [7, 11) is 2.03. The van der Waals surface area contributed by atoms with Crippen molar-refractivity contribution in [2.24, 2.45) is 10.7 Å². The van der Waals surface area contributed by atoms with E-state index >= 15 is 0 Å². The Morgan fingerprint density at radius 3 is 2.47 bits per heavy atom. The second-order valence-corrected chi connectivity index (χ2v) is 6.82. The van der Waals surface area contributed by atoms with Gasteiger partial charge in [-0.3, -0.25) is 4.99 Å². The summed E-state index contributed by atoms with van der Waals surface area (Å²) in [6.45, 7) is 5.10. The fourth-order valence-corrected chi connectivity index (χ4v) is 2.30. The quantitative estimate of drug-likeness (QED) is 0.683. The van der Waals surface area contributed by atoms with Crippen molar-refractivity contribution in [3.63, 3.8) is 0 Å². The van der Waals surface area contributed by atoms with Crippen LogP contribution in [0.2, 0.25) is 0 Å². The summed E-state index contributed by atoms with van der Waals surface area (Å²) in [5.41, 5.74) is 7.31. The largest absolute Gasteiger partial charge is 0.370 e. The Hall–Kier alpha value is -1.03. The van der Waals surface area contributed by atoms with E-state index in [9.17, 15) is 0 Å². The highest BCUT2D eigenvalue weighted by Gasteiger charge is 2.28. The van der Waals surface area contributed by atoms with E-state index in [0.717, 1.165) is 4.47 Å². The number of rotatable bonds is 4. The Morgan fingerprint density at radius 2 is 1.95 bits per heavy atom. The molecule has 0 heterocycles. The Labute approximate surface area is 124 Å². The predicted octanol–water partition coefficient (Wildman–Crippen LogP) is 3.14. The van der Waals surface area contributed by atoms with Crippen LogP contribution in [0.4, 0.5) is 0 Å². The summed E-state index contributed by atoms with van der Waals surface area (Å²) in [6, 6.07) is 9.03. The summed E-state index contributed by atoms with van der Waals surface area (Å²) in [5, 5.41) is 0. The highest BCUT2D eigenvalue weighted by Crippen LogP contribution is 2.27. The lowest BCUT2D eigenvalue weighted by atomic mass is 9.85. The molecule has 4 heteroatoms. The van der Waals surface area contributed by atoms with Crippen LogP contribution >= 0.6 is 15.9 Å². The summed E-state index contributed by atoms with van der Waals surface area (Å²) < 4.78 is 1.10. The lowest BCUT2D eigenvalue weighted by Crippen LogP contribution is -2.37. The van der Waals surface area contributed by atoms with Gasteiger partial charge >= 0.3 is 0 Å². The van der Waals surface area contributed by atoms with Crippen molar-refractivity contribution in [1.29, 1.82) is 0 Å². The second-order valence-electron chi connectivity index (χ2n) is 5.91. The summed E-state index contributed by atoms with van der Waals surface area (Å²) >= 11 is 3.46. The molecule has 1 saturated carbocycles. The smallest absolute Gasteiger partial charge is 0.191 e. The van der Waals surface area contributed by atoms with E-state index in [1.54, 1.807) is 0 Å². The van der Waals surface area contributed by atoms with E-state index in [2.05, 4.69) is 63.9 Å². The van der Waals surface area contributed by atoms with Crippen LogP contribution in [0.25, 0.3) is 0 Å². The first-order chi connectivity index (χ1) is 8.90. The van der Waals surface area contributed by atoms with Gasteiger partial charge < -0.3 is 10.6 Å². The highest BCUT2D eigenvalue weighted by molar-refractivity contribution is 9.10. The van der Waals surface area contributed by atoms with Gasteiger partial charge in [-0.25, -0.2) is 0 Å². The fourth-order valence-electron chi connectivity index (χ4n) is 2.03. The Morgan fingerprint density at radius 1 is 1.37 bits per heavy atom. The van der Waals surface area contributed by atoms with Crippen LogP contribution in [0, 0.1) is 0 Å². The molecule has 1 aliphatic carbocycles. The minimum Gasteiger partial charge on any atom is -0.370 e. The van der Waals surface area contributed by atoms with Gasteiger partial charge in [-0.05, 0) is 30.5 Å². The molecule has 0 bridgehead atoms. The van der Waals surface area contributed by atoms with Crippen LogP contribution in [0.1, 0.15) is 32.3 Å². The van der Waals surface area contributed by atoms with Crippen molar-refractivity contribution in [2.45, 2.75) is 38.1 Å². The van der Waals surface area contributed by atoms with Crippen LogP contribution in [0.15, 0.2) is 33.7 Å². The van der Waals surface area contributed by atoms with Crippen LogP contribution in [0.3, 0.4) is 0 Å². The molecule has 0 spiro atoms. The Kier molecular flexibility index (Phi) is 4.19. The van der Waals surface area contributed by atoms with Crippen LogP contribution in [-0.4, -0.2) is 30.5 Å². The van der Waals surface area contributed by atoms with E-state index in [1.165, 1.54) is 18.4 Å². The lowest BCUT2D eigenvalue weighted by molar-refractivity contribution is 0.476. The molecule has 104 valence electrons. The van der Waals surface area contributed by atoms with Gasteiger partial charge in [-0.1, -0.05) is 41.9 Å². The average molecular weight is 324 g/mol. The number of nitrogens with zero attached hydrogens (tertiary/aromatic N) is 2. The minimum absolute atomic E-state index is 0.00426. The van der Waals surface area contributed by atoms with Gasteiger partial charge in [0.05, 0.1) is 6.54 Å². The van der Waals surface area contributed by atoms with Gasteiger partial charge in [0.1, 0.15) is 0 Å². The zero-order valence-electron chi connectivity index (χ0n) is 11.9. The van der Waals surface area contributed by atoms with Crippen LogP contribution in [-0.2, 0) is 5.41 Å². The van der Waals surface area contributed by atoms with Gasteiger partial charge in [0.15, 0.2) is 5.96 Å². The van der Waals surface area contributed by atoms with E-state index < -0.39 is 0 Å². The number of nitrogens with two attached hydrogens (primary N) is 1. The second kappa shape index (κ2) is 5.53. The van der Waals surface area contributed by atoms with Crippen molar-refractivity contribution < 1.29 is 0 Å². The number of hydrogen-bond acceptors (Lipinski definition) is 1. The lowest BCUT2D eigenvalue weighted by Gasteiger charge is -2.25. The topological polar surface area (TPSA) is 41.6 Å². The standard InChI is InChI=1S/C15H22BrN3/c1-15(2,11-4-6-12(16)7-5-11)10-18-14(17)19(3)13-8-9-13/h4-7,13H,8-10H2,1-3H3,(H2,17,18). The zero-order valence-corrected chi connectivity index (χ0v) is 13.4. The number of aliphatic imine (C=N–C) groups is 1. The van der Waals surface area contributed by atoms with Crippen molar-refractivity contribution in [2.75, 3.05) is 13.6 Å². The Balaban J connectivity index is 2.03. The number of hydrogen-bond donors (Lipinski definition) is 1. The summed E-state index contributed by atoms with van der Waals surface area (Å²) in [5.74, 6) is 0.660. The predicted molar refractivity (Wildman–Crippen MR) is 84.4 cm³/mol. The van der Waals surface area contributed by atoms with Crippen LogP contribution in [0.5, 0.6) is 0 Å². The van der Waals surface area contributed by atoms with E-state index in [-0.39, 0.29) is 5.41 Å². The molecule has 1 aliphatic rings. The van der Waals surface area contributed by atoms with Crippen LogP contribution < -0.4 is 5.73 Å². The monoisotopic (exact) mass is 323 g/mol. The number of benzene rings is 1. The zero-order chi connectivity index (χ0) is 14.0. The fraction of sp³-hybridized carbons (Fsp3) is 0.533. The van der Waals surface area contributed by atoms with Crippen molar-refractivity contribution >= 4 is 21.9 Å². The first-order valence-corrected chi connectivity index (χ1v) is 7.48. The van der Waals surface area contributed by atoms with Gasteiger partial charge in [0.2, 0.25) is 0 Å². The molecule has 0 amide bonds. The van der Waals surface area contributed by atoms with Crippen molar-refractivity contribution in [1.82, 2.24) is 4.90 Å². The van der Waals surface area contributed by atoms with Crippen molar-refractivity contribution in [3.8, 4) is 0 Å². The summed E-state index contributed by atoms with van der Waals surface area (Å²) in [4.78, 5) is 6.66. The third kappa shape index (κ3) is 3.72. The van der Waals surface area contributed by atoms with Gasteiger partial charge in [-0.2, -0.15) is 0 Å². The average Bonchev–Trinajstić information content (AvgIpc) is 3.20. The maximum Gasteiger partial charge on any atom is 0.191 e. The number of halogens is 1. The van der Waals surface area contributed by atoms with E-state index in [4.69, 9.17) is 5.73 Å². The maximum atomic E-state index is 6.04. The van der Waals surface area contributed by atoms with Gasteiger partial charge in [0, 0.05) is 23.0 Å². The molecular formula is C15H22BrN3. The molecule has 0 atom stereocenters. The molecule has 1 aromatic rings. The molecular weight excluding hydrogens is 302 g/mol. The highest BCUT2D eigenvalue weighted by atomic mass is 79.9. The van der Waals surface area contributed by atoms with E-state index in [1.807, 2.05) is 7.05 Å².